The van der Waals surface area contributed by atoms with Gasteiger partial charge in [-0.1, -0.05) is 10.1 Å². The molecule has 13 heavy (non-hydrogen) atoms. The Balaban J connectivity index is 2.71. The molecule has 0 atom stereocenters. The van der Waals surface area contributed by atoms with Gasteiger partial charge in [0.25, 0.3) is 0 Å². The van der Waals surface area contributed by atoms with E-state index < -0.39 is 4.92 Å². The molecule has 70 valence electrons. The highest BCUT2D eigenvalue weighted by Crippen LogP contribution is 2.05. The van der Waals surface area contributed by atoms with Crippen LogP contribution in [0.4, 0.5) is 5.95 Å². The van der Waals surface area contributed by atoms with Gasteiger partial charge in [-0.05, 0) is 4.92 Å². The number of hydrogen-bond acceptors (Lipinski definition) is 5. The zero-order chi connectivity index (χ0) is 9.68. The third-order valence-corrected chi connectivity index (χ3v) is 1.32. The molecule has 1 aromatic rings. The Hall–Kier alpha value is -1.92. The summed E-state index contributed by atoms with van der Waals surface area (Å²) in [4.78, 5) is 17.8. The highest BCUT2D eigenvalue weighted by Gasteiger charge is 2.11. The summed E-state index contributed by atoms with van der Waals surface area (Å²) in [6.07, 6.45) is 4.27. The Morgan fingerprint density at radius 1 is 1.92 bits per heavy atom. The first-order valence-corrected chi connectivity index (χ1v) is 3.46. The van der Waals surface area contributed by atoms with Crippen LogP contribution in [0.5, 0.6) is 0 Å². The molecule has 0 amide bonds. The Morgan fingerprint density at radius 3 is 3.31 bits per heavy atom. The van der Waals surface area contributed by atoms with Crippen molar-refractivity contribution in [1.82, 2.24) is 9.55 Å². The number of hydrogen-bond donors (Lipinski definition) is 0. The van der Waals surface area contributed by atoms with Crippen LogP contribution in [0.25, 0.3) is 0 Å². The predicted octanol–water partition coefficient (Wildman–Crippen LogP) is 0.423. The lowest BCUT2D eigenvalue weighted by atomic mass is 10.7. The summed E-state index contributed by atoms with van der Waals surface area (Å²) in [5, 5.41) is 13.8. The number of rotatable bonds is 4. The van der Waals surface area contributed by atoms with Crippen LogP contribution in [0.3, 0.4) is 0 Å². The van der Waals surface area contributed by atoms with Crippen LogP contribution in [0.15, 0.2) is 17.5 Å². The number of nitro groups is 1. The molecule has 0 aliphatic heterocycles. The highest BCUT2D eigenvalue weighted by molar-refractivity contribution is 5.56. The minimum absolute atomic E-state index is 0.206. The lowest BCUT2D eigenvalue weighted by molar-refractivity contribution is -0.396. The molecule has 0 unspecified atom stereocenters. The first kappa shape index (κ1) is 9.17. The Bertz CT molecular complexity index is 319. The minimum atomic E-state index is -0.555. The van der Waals surface area contributed by atoms with Crippen molar-refractivity contribution in [3.05, 3.63) is 22.5 Å². The second kappa shape index (κ2) is 4.19. The van der Waals surface area contributed by atoms with Gasteiger partial charge in [0, 0.05) is 0 Å². The smallest absolute Gasteiger partial charge is 0.399 e. The van der Waals surface area contributed by atoms with Gasteiger partial charge in [0.2, 0.25) is 0 Å². The number of oxime groups is 1. The van der Waals surface area contributed by atoms with Crippen molar-refractivity contribution in [2.45, 2.75) is 6.54 Å². The van der Waals surface area contributed by atoms with E-state index in [4.69, 9.17) is 0 Å². The van der Waals surface area contributed by atoms with Gasteiger partial charge in [0.05, 0.1) is 6.21 Å². The molecule has 0 spiro atoms. The van der Waals surface area contributed by atoms with Crippen LogP contribution in [0.2, 0.25) is 0 Å². The molecule has 1 rings (SSSR count). The van der Waals surface area contributed by atoms with Gasteiger partial charge in [0.1, 0.15) is 26.0 Å². The number of imidazole rings is 1. The van der Waals surface area contributed by atoms with Gasteiger partial charge >= 0.3 is 5.95 Å². The average molecular weight is 184 g/mol. The highest BCUT2D eigenvalue weighted by atomic mass is 16.6. The van der Waals surface area contributed by atoms with Gasteiger partial charge in [-0.3, -0.25) is 0 Å². The van der Waals surface area contributed by atoms with Crippen LogP contribution >= 0.6 is 0 Å². The van der Waals surface area contributed by atoms with Crippen molar-refractivity contribution in [2.24, 2.45) is 5.16 Å². The molecule has 0 aromatic carbocycles. The lowest BCUT2D eigenvalue weighted by Crippen LogP contribution is -2.03. The molecule has 7 heteroatoms. The summed E-state index contributed by atoms with van der Waals surface area (Å²) in [6, 6.07) is 0. The van der Waals surface area contributed by atoms with E-state index in [1.165, 1.54) is 30.3 Å². The monoisotopic (exact) mass is 184 g/mol. The molecule has 1 aromatic heterocycles. The van der Waals surface area contributed by atoms with E-state index in [-0.39, 0.29) is 12.5 Å². The predicted molar refractivity (Wildman–Crippen MR) is 44.4 cm³/mol. The van der Waals surface area contributed by atoms with Crippen LogP contribution in [-0.4, -0.2) is 27.8 Å². The summed E-state index contributed by atoms with van der Waals surface area (Å²) in [5.41, 5.74) is 0. The van der Waals surface area contributed by atoms with E-state index in [0.29, 0.717) is 0 Å². The SMILES string of the molecule is CO/N=C/Cn1ccnc1[N+](=O)[O-]. The fourth-order valence-corrected chi connectivity index (χ4v) is 0.812. The fourth-order valence-electron chi connectivity index (χ4n) is 0.812. The molecule has 1 heterocycles. The normalized spacial score (nSPS) is 10.5. The zero-order valence-electron chi connectivity index (χ0n) is 6.95. The van der Waals surface area contributed by atoms with Crippen molar-refractivity contribution < 1.29 is 9.76 Å². The third kappa shape index (κ3) is 2.26. The van der Waals surface area contributed by atoms with Gasteiger partial charge in [-0.2, -0.15) is 0 Å². The topological polar surface area (TPSA) is 82.5 Å². The van der Waals surface area contributed by atoms with E-state index in [1.807, 2.05) is 0 Å². The molecule has 0 bridgehead atoms. The van der Waals surface area contributed by atoms with Gasteiger partial charge < -0.3 is 15.0 Å². The quantitative estimate of drug-likeness (QED) is 0.385. The van der Waals surface area contributed by atoms with E-state index in [9.17, 15) is 10.1 Å². The van der Waals surface area contributed by atoms with Gasteiger partial charge in [-0.15, -0.1) is 0 Å². The van der Waals surface area contributed by atoms with Crippen LogP contribution in [0, 0.1) is 10.1 Å². The molecule has 0 saturated heterocycles. The molecule has 0 N–H and O–H groups in total. The van der Waals surface area contributed by atoms with E-state index in [1.54, 1.807) is 0 Å². The summed E-state index contributed by atoms with van der Waals surface area (Å²) < 4.78 is 1.35. The van der Waals surface area contributed by atoms with E-state index in [2.05, 4.69) is 15.0 Å². The van der Waals surface area contributed by atoms with Gasteiger partial charge in [0.15, 0.2) is 0 Å². The Kier molecular flexibility index (Phi) is 2.96. The summed E-state index contributed by atoms with van der Waals surface area (Å²) in [5.74, 6) is -0.206. The van der Waals surface area contributed by atoms with E-state index in [0.717, 1.165) is 0 Å². The van der Waals surface area contributed by atoms with Crippen molar-refractivity contribution in [3.8, 4) is 0 Å². The van der Waals surface area contributed by atoms with Crippen molar-refractivity contribution in [3.63, 3.8) is 0 Å². The van der Waals surface area contributed by atoms with Crippen LogP contribution < -0.4 is 0 Å². The molecule has 0 radical (unpaired) electrons. The maximum Gasteiger partial charge on any atom is 0.434 e. The van der Waals surface area contributed by atoms with Crippen LogP contribution in [0.1, 0.15) is 0 Å². The first-order valence-electron chi connectivity index (χ1n) is 3.46. The summed E-state index contributed by atoms with van der Waals surface area (Å²) in [7, 11) is 1.40. The molecule has 0 saturated carbocycles. The zero-order valence-corrected chi connectivity index (χ0v) is 6.95. The largest absolute Gasteiger partial charge is 0.434 e. The standard InChI is InChI=1S/C6H8N4O3/c1-13-8-3-5-9-4-2-7-6(9)10(11)12/h2-4H,5H2,1H3/b8-3+. The maximum absolute atomic E-state index is 10.4. The van der Waals surface area contributed by atoms with Crippen molar-refractivity contribution in [1.29, 1.82) is 0 Å². The Labute approximate surface area is 73.8 Å². The fraction of sp³-hybridized carbons (Fsp3) is 0.333. The Morgan fingerprint density at radius 2 is 2.69 bits per heavy atom. The second-order valence-corrected chi connectivity index (χ2v) is 2.11. The summed E-state index contributed by atoms with van der Waals surface area (Å²) in [6.45, 7) is 0.268. The van der Waals surface area contributed by atoms with Gasteiger partial charge in [-0.25, -0.2) is 4.57 Å². The molecular formula is C6H8N4O3. The molecule has 0 aliphatic carbocycles. The molecule has 0 fully saturated rings. The molecule has 7 nitrogen and oxygen atoms in total. The summed E-state index contributed by atoms with van der Waals surface area (Å²) >= 11 is 0. The molecule has 0 aliphatic rings. The maximum atomic E-state index is 10.4. The van der Waals surface area contributed by atoms with Crippen molar-refractivity contribution >= 4 is 12.2 Å². The lowest BCUT2D eigenvalue weighted by Gasteiger charge is -1.95. The first-order chi connectivity index (χ1) is 6.25. The minimum Gasteiger partial charge on any atom is -0.399 e. The molecular weight excluding hydrogens is 176 g/mol. The van der Waals surface area contributed by atoms with E-state index >= 15 is 0 Å². The second-order valence-electron chi connectivity index (χ2n) is 2.11. The average Bonchev–Trinajstić information content (AvgIpc) is 2.53. The third-order valence-electron chi connectivity index (χ3n) is 1.32. The van der Waals surface area contributed by atoms with Crippen LogP contribution in [-0.2, 0) is 11.4 Å². The number of nitrogens with zero attached hydrogens (tertiary/aromatic N) is 4. The van der Waals surface area contributed by atoms with Crippen molar-refractivity contribution in [2.75, 3.05) is 7.11 Å². The number of aromatic nitrogens is 2.